The van der Waals surface area contributed by atoms with Crippen molar-refractivity contribution >= 4 is 0 Å². The molecule has 20 heavy (non-hydrogen) atoms. The van der Waals surface area contributed by atoms with Crippen LogP contribution in [0.2, 0.25) is 0 Å². The molecule has 0 radical (unpaired) electrons. The predicted molar refractivity (Wildman–Crippen MR) is 83.0 cm³/mol. The highest BCUT2D eigenvalue weighted by Crippen LogP contribution is 2.32. The van der Waals surface area contributed by atoms with Crippen LogP contribution in [0.4, 0.5) is 0 Å². The normalized spacial score (nSPS) is 30.8. The number of nitrogens with zero attached hydrogens (tertiary/aromatic N) is 1. The van der Waals surface area contributed by atoms with Crippen molar-refractivity contribution in [3.63, 3.8) is 0 Å². The van der Waals surface area contributed by atoms with Gasteiger partial charge in [0, 0.05) is 37.8 Å². The molecule has 1 heterocycles. The first-order valence-electron chi connectivity index (χ1n) is 8.88. The van der Waals surface area contributed by atoms with E-state index in [1.54, 1.807) is 0 Å². The van der Waals surface area contributed by atoms with Gasteiger partial charge in [-0.2, -0.15) is 0 Å². The lowest BCUT2D eigenvalue weighted by molar-refractivity contribution is 0.0244. The molecule has 3 fully saturated rings. The van der Waals surface area contributed by atoms with E-state index in [9.17, 15) is 0 Å². The van der Waals surface area contributed by atoms with Crippen LogP contribution in [-0.2, 0) is 4.74 Å². The summed E-state index contributed by atoms with van der Waals surface area (Å²) in [6.45, 7) is 7.83. The summed E-state index contributed by atoms with van der Waals surface area (Å²) in [4.78, 5) is 2.72. The van der Waals surface area contributed by atoms with Crippen molar-refractivity contribution in [1.82, 2.24) is 10.2 Å². The Kier molecular flexibility index (Phi) is 5.00. The summed E-state index contributed by atoms with van der Waals surface area (Å²) < 4.78 is 5.87. The molecule has 3 aliphatic rings. The fourth-order valence-corrected chi connectivity index (χ4v) is 3.98. The SMILES string of the molecule is CCC1CNC2(CCCCC2)CN1CCOCC1CC1. The lowest BCUT2D eigenvalue weighted by Crippen LogP contribution is -2.65. The van der Waals surface area contributed by atoms with Crippen LogP contribution >= 0.6 is 0 Å². The van der Waals surface area contributed by atoms with Crippen LogP contribution in [0.15, 0.2) is 0 Å². The van der Waals surface area contributed by atoms with E-state index in [2.05, 4.69) is 17.1 Å². The number of ether oxygens (including phenoxy) is 1. The molecular weight excluding hydrogens is 248 g/mol. The largest absolute Gasteiger partial charge is 0.380 e. The first-order chi connectivity index (χ1) is 9.81. The van der Waals surface area contributed by atoms with Crippen LogP contribution in [0.1, 0.15) is 58.3 Å². The predicted octanol–water partition coefficient (Wildman–Crippen LogP) is 2.80. The van der Waals surface area contributed by atoms with Crippen molar-refractivity contribution in [3.8, 4) is 0 Å². The number of nitrogens with one attached hydrogen (secondary N) is 1. The third-order valence-electron chi connectivity index (χ3n) is 5.59. The Hall–Kier alpha value is -0.120. The molecule has 1 N–H and O–H groups in total. The zero-order chi connectivity index (χ0) is 13.8. The van der Waals surface area contributed by atoms with Crippen molar-refractivity contribution in [2.45, 2.75) is 69.9 Å². The number of hydrogen-bond acceptors (Lipinski definition) is 3. The van der Waals surface area contributed by atoms with Crippen molar-refractivity contribution < 1.29 is 4.74 Å². The van der Waals surface area contributed by atoms with Gasteiger partial charge in [-0.05, 0) is 38.0 Å². The van der Waals surface area contributed by atoms with Crippen molar-refractivity contribution in [2.24, 2.45) is 5.92 Å². The topological polar surface area (TPSA) is 24.5 Å². The fraction of sp³-hybridized carbons (Fsp3) is 1.00. The molecule has 1 unspecified atom stereocenters. The van der Waals surface area contributed by atoms with E-state index in [0.717, 1.165) is 25.7 Å². The van der Waals surface area contributed by atoms with Gasteiger partial charge < -0.3 is 10.1 Å². The van der Waals surface area contributed by atoms with E-state index in [4.69, 9.17) is 4.74 Å². The van der Waals surface area contributed by atoms with Gasteiger partial charge in [-0.15, -0.1) is 0 Å². The number of rotatable bonds is 6. The molecule has 2 saturated carbocycles. The quantitative estimate of drug-likeness (QED) is 0.757. The molecule has 0 aromatic carbocycles. The molecule has 2 aliphatic carbocycles. The summed E-state index contributed by atoms with van der Waals surface area (Å²) in [6.07, 6.45) is 11.1. The molecule has 3 rings (SSSR count). The maximum Gasteiger partial charge on any atom is 0.0593 e. The van der Waals surface area contributed by atoms with E-state index in [-0.39, 0.29) is 0 Å². The highest BCUT2D eigenvalue weighted by molar-refractivity contribution is 4.99. The van der Waals surface area contributed by atoms with Gasteiger partial charge >= 0.3 is 0 Å². The fourth-order valence-electron chi connectivity index (χ4n) is 3.98. The Labute approximate surface area is 124 Å². The molecule has 3 heteroatoms. The second-order valence-electron chi connectivity index (χ2n) is 7.27. The van der Waals surface area contributed by atoms with Gasteiger partial charge in [0.2, 0.25) is 0 Å². The summed E-state index contributed by atoms with van der Waals surface area (Å²) in [5.41, 5.74) is 0.431. The minimum atomic E-state index is 0.431. The monoisotopic (exact) mass is 280 g/mol. The Bertz CT molecular complexity index is 297. The molecule has 1 spiro atoms. The third kappa shape index (κ3) is 3.75. The van der Waals surface area contributed by atoms with E-state index < -0.39 is 0 Å². The Morgan fingerprint density at radius 2 is 2.00 bits per heavy atom. The van der Waals surface area contributed by atoms with Crippen molar-refractivity contribution in [2.75, 3.05) is 32.8 Å². The van der Waals surface area contributed by atoms with Gasteiger partial charge in [-0.25, -0.2) is 0 Å². The molecule has 0 amide bonds. The molecule has 3 nitrogen and oxygen atoms in total. The van der Waals surface area contributed by atoms with Crippen LogP contribution < -0.4 is 5.32 Å². The summed E-state index contributed by atoms with van der Waals surface area (Å²) in [7, 11) is 0. The van der Waals surface area contributed by atoms with Crippen LogP contribution in [0.5, 0.6) is 0 Å². The van der Waals surface area contributed by atoms with Gasteiger partial charge in [0.25, 0.3) is 0 Å². The standard InChI is InChI=1S/C17H32N2O/c1-2-16-12-18-17(8-4-3-5-9-17)14-19(16)10-11-20-13-15-6-7-15/h15-16,18H,2-14H2,1H3. The molecule has 1 saturated heterocycles. The number of piperazine rings is 1. The Balaban J connectivity index is 1.48. The van der Waals surface area contributed by atoms with E-state index in [1.165, 1.54) is 64.5 Å². The minimum absolute atomic E-state index is 0.431. The van der Waals surface area contributed by atoms with Gasteiger partial charge in [0.1, 0.15) is 0 Å². The lowest BCUT2D eigenvalue weighted by Gasteiger charge is -2.49. The Morgan fingerprint density at radius 1 is 1.20 bits per heavy atom. The minimum Gasteiger partial charge on any atom is -0.380 e. The molecule has 1 aliphatic heterocycles. The second kappa shape index (κ2) is 6.76. The van der Waals surface area contributed by atoms with Crippen LogP contribution in [0.3, 0.4) is 0 Å². The highest BCUT2D eigenvalue weighted by atomic mass is 16.5. The van der Waals surface area contributed by atoms with Gasteiger partial charge in [-0.3, -0.25) is 4.90 Å². The molecule has 116 valence electrons. The third-order valence-corrected chi connectivity index (χ3v) is 5.59. The zero-order valence-corrected chi connectivity index (χ0v) is 13.2. The van der Waals surface area contributed by atoms with Crippen molar-refractivity contribution in [1.29, 1.82) is 0 Å². The van der Waals surface area contributed by atoms with E-state index in [0.29, 0.717) is 11.6 Å². The maximum atomic E-state index is 5.87. The average molecular weight is 280 g/mol. The first-order valence-corrected chi connectivity index (χ1v) is 8.88. The molecule has 0 aromatic heterocycles. The summed E-state index contributed by atoms with van der Waals surface area (Å²) in [6, 6.07) is 0.715. The second-order valence-corrected chi connectivity index (χ2v) is 7.27. The van der Waals surface area contributed by atoms with Crippen LogP contribution in [-0.4, -0.2) is 49.3 Å². The van der Waals surface area contributed by atoms with Gasteiger partial charge in [0.15, 0.2) is 0 Å². The van der Waals surface area contributed by atoms with E-state index >= 15 is 0 Å². The molecule has 0 bridgehead atoms. The maximum absolute atomic E-state index is 5.87. The van der Waals surface area contributed by atoms with Crippen LogP contribution in [0.25, 0.3) is 0 Å². The van der Waals surface area contributed by atoms with Gasteiger partial charge in [-0.1, -0.05) is 26.2 Å². The average Bonchev–Trinajstić information content (AvgIpc) is 3.29. The lowest BCUT2D eigenvalue weighted by atomic mass is 9.79. The highest BCUT2D eigenvalue weighted by Gasteiger charge is 2.39. The smallest absolute Gasteiger partial charge is 0.0593 e. The van der Waals surface area contributed by atoms with Crippen molar-refractivity contribution in [3.05, 3.63) is 0 Å². The molecule has 0 aromatic rings. The zero-order valence-electron chi connectivity index (χ0n) is 13.2. The van der Waals surface area contributed by atoms with Gasteiger partial charge in [0.05, 0.1) is 6.61 Å². The van der Waals surface area contributed by atoms with E-state index in [1.807, 2.05) is 0 Å². The first kappa shape index (κ1) is 14.8. The number of hydrogen-bond donors (Lipinski definition) is 1. The summed E-state index contributed by atoms with van der Waals surface area (Å²) in [5.74, 6) is 0.893. The molecule has 1 atom stereocenters. The van der Waals surface area contributed by atoms with Crippen LogP contribution in [0, 0.1) is 5.92 Å². The Morgan fingerprint density at radius 3 is 2.70 bits per heavy atom. The summed E-state index contributed by atoms with van der Waals surface area (Å²) in [5, 5.41) is 3.90. The summed E-state index contributed by atoms with van der Waals surface area (Å²) >= 11 is 0. The molecular formula is C17H32N2O.